The molecule has 0 radical (unpaired) electrons. The second-order valence-electron chi connectivity index (χ2n) is 6.05. The number of likely N-dealkylation sites (N-methyl/N-ethyl adjacent to an activating group) is 1. The fraction of sp³-hybridized carbons (Fsp3) is 0.625. The highest BCUT2D eigenvalue weighted by molar-refractivity contribution is 5.38. The molecule has 108 valence electrons. The van der Waals surface area contributed by atoms with Gasteiger partial charge < -0.3 is 9.84 Å². The summed E-state index contributed by atoms with van der Waals surface area (Å²) < 4.78 is 5.49. The van der Waals surface area contributed by atoms with Gasteiger partial charge in [0.2, 0.25) is 0 Å². The molecule has 1 aromatic rings. The Bertz CT molecular complexity index is 413. The summed E-state index contributed by atoms with van der Waals surface area (Å²) in [4.78, 5) is 2.14. The third-order valence-corrected chi connectivity index (χ3v) is 3.81. The fourth-order valence-electron chi connectivity index (χ4n) is 1.84. The van der Waals surface area contributed by atoms with E-state index in [0.29, 0.717) is 5.92 Å². The molecule has 0 fully saturated rings. The van der Waals surface area contributed by atoms with Gasteiger partial charge in [-0.1, -0.05) is 26.0 Å². The van der Waals surface area contributed by atoms with Crippen molar-refractivity contribution >= 4 is 0 Å². The van der Waals surface area contributed by atoms with Gasteiger partial charge in [0.15, 0.2) is 0 Å². The lowest BCUT2D eigenvalue weighted by molar-refractivity contribution is 0.0728. The van der Waals surface area contributed by atoms with Crippen LogP contribution >= 0.6 is 0 Å². The Kier molecular flexibility index (Phi) is 5.39. The van der Waals surface area contributed by atoms with Crippen LogP contribution in [0.4, 0.5) is 0 Å². The summed E-state index contributed by atoms with van der Waals surface area (Å²) in [6, 6.07) is 6.39. The molecule has 0 unspecified atom stereocenters. The lowest BCUT2D eigenvalue weighted by Gasteiger charge is -2.34. The standard InChI is InChI=1S/C16H27NO2/c1-12(2)13-7-8-14(15(9-13)19-6)10-17(5)16(3,4)11-18/h7-9,12,18H,10-11H2,1-6H3. The van der Waals surface area contributed by atoms with Crippen molar-refractivity contribution in [1.82, 2.24) is 4.90 Å². The van der Waals surface area contributed by atoms with Gasteiger partial charge in [-0.15, -0.1) is 0 Å². The zero-order valence-electron chi connectivity index (χ0n) is 13.0. The normalized spacial score (nSPS) is 12.3. The smallest absolute Gasteiger partial charge is 0.123 e. The van der Waals surface area contributed by atoms with E-state index in [1.165, 1.54) is 5.56 Å². The molecule has 0 aromatic heterocycles. The molecule has 1 aromatic carbocycles. The molecule has 1 rings (SSSR count). The van der Waals surface area contributed by atoms with Crippen LogP contribution in [0.1, 0.15) is 44.7 Å². The maximum atomic E-state index is 9.41. The van der Waals surface area contributed by atoms with Crippen molar-refractivity contribution in [3.63, 3.8) is 0 Å². The van der Waals surface area contributed by atoms with E-state index in [1.54, 1.807) is 7.11 Å². The average Bonchev–Trinajstić information content (AvgIpc) is 2.38. The summed E-state index contributed by atoms with van der Waals surface area (Å²) in [5.74, 6) is 1.42. The Hall–Kier alpha value is -1.06. The van der Waals surface area contributed by atoms with E-state index in [0.717, 1.165) is 17.9 Å². The molecule has 0 aliphatic rings. The summed E-state index contributed by atoms with van der Waals surface area (Å²) in [6.45, 7) is 9.31. The molecule has 0 heterocycles. The molecule has 0 saturated heterocycles. The zero-order chi connectivity index (χ0) is 14.6. The highest BCUT2D eigenvalue weighted by Crippen LogP contribution is 2.27. The number of aliphatic hydroxyl groups is 1. The maximum absolute atomic E-state index is 9.41. The molecule has 0 amide bonds. The highest BCUT2D eigenvalue weighted by Gasteiger charge is 2.23. The largest absolute Gasteiger partial charge is 0.496 e. The molecule has 3 nitrogen and oxygen atoms in total. The number of hydrogen-bond acceptors (Lipinski definition) is 3. The van der Waals surface area contributed by atoms with Crippen molar-refractivity contribution in [2.24, 2.45) is 0 Å². The van der Waals surface area contributed by atoms with Gasteiger partial charge in [-0.2, -0.15) is 0 Å². The summed E-state index contributed by atoms with van der Waals surface area (Å²) in [7, 11) is 3.73. The van der Waals surface area contributed by atoms with Crippen LogP contribution in [0, 0.1) is 0 Å². The second kappa shape index (κ2) is 6.40. The lowest BCUT2D eigenvalue weighted by Crippen LogP contribution is -2.43. The number of hydrogen-bond donors (Lipinski definition) is 1. The van der Waals surface area contributed by atoms with E-state index in [2.05, 4.69) is 36.9 Å². The minimum absolute atomic E-state index is 0.135. The van der Waals surface area contributed by atoms with Crippen LogP contribution in [0.3, 0.4) is 0 Å². The van der Waals surface area contributed by atoms with E-state index in [-0.39, 0.29) is 12.1 Å². The van der Waals surface area contributed by atoms with Gasteiger partial charge in [-0.3, -0.25) is 4.90 Å². The van der Waals surface area contributed by atoms with Gasteiger partial charge in [0.05, 0.1) is 13.7 Å². The van der Waals surface area contributed by atoms with Gasteiger partial charge in [0.1, 0.15) is 5.75 Å². The minimum atomic E-state index is -0.234. The number of ether oxygens (including phenoxy) is 1. The molecule has 19 heavy (non-hydrogen) atoms. The molecule has 0 spiro atoms. The molecular weight excluding hydrogens is 238 g/mol. The number of benzene rings is 1. The van der Waals surface area contributed by atoms with Crippen molar-refractivity contribution in [1.29, 1.82) is 0 Å². The molecule has 0 saturated carbocycles. The molecule has 3 heteroatoms. The number of rotatable bonds is 6. The zero-order valence-corrected chi connectivity index (χ0v) is 13.0. The Morgan fingerprint density at radius 3 is 2.42 bits per heavy atom. The lowest BCUT2D eigenvalue weighted by atomic mass is 9.99. The maximum Gasteiger partial charge on any atom is 0.123 e. The van der Waals surface area contributed by atoms with Crippen molar-refractivity contribution in [2.45, 2.75) is 45.7 Å². The van der Waals surface area contributed by atoms with Crippen LogP contribution in [0.25, 0.3) is 0 Å². The van der Waals surface area contributed by atoms with E-state index >= 15 is 0 Å². The number of methoxy groups -OCH3 is 1. The van der Waals surface area contributed by atoms with Crippen molar-refractivity contribution in [3.8, 4) is 5.75 Å². The summed E-state index contributed by atoms with van der Waals surface area (Å²) in [5.41, 5.74) is 2.20. The van der Waals surface area contributed by atoms with Gasteiger partial charge in [0, 0.05) is 17.6 Å². The predicted octanol–water partition coefficient (Wildman–Crippen LogP) is 3.02. The molecule has 0 bridgehead atoms. The first-order valence-electron chi connectivity index (χ1n) is 6.80. The van der Waals surface area contributed by atoms with Crippen LogP contribution in [-0.4, -0.2) is 36.3 Å². The van der Waals surface area contributed by atoms with Crippen LogP contribution in [0.15, 0.2) is 18.2 Å². The predicted molar refractivity (Wildman–Crippen MR) is 79.7 cm³/mol. The van der Waals surface area contributed by atoms with Crippen LogP contribution in [0.5, 0.6) is 5.75 Å². The minimum Gasteiger partial charge on any atom is -0.496 e. The van der Waals surface area contributed by atoms with Crippen LogP contribution in [0.2, 0.25) is 0 Å². The Morgan fingerprint density at radius 2 is 1.95 bits per heavy atom. The van der Waals surface area contributed by atoms with Crippen molar-refractivity contribution in [2.75, 3.05) is 20.8 Å². The average molecular weight is 265 g/mol. The topological polar surface area (TPSA) is 32.7 Å². The highest BCUT2D eigenvalue weighted by atomic mass is 16.5. The van der Waals surface area contributed by atoms with Crippen molar-refractivity contribution < 1.29 is 9.84 Å². The number of aliphatic hydroxyl groups excluding tert-OH is 1. The molecule has 1 N–H and O–H groups in total. The number of nitrogens with zero attached hydrogens (tertiary/aromatic N) is 1. The van der Waals surface area contributed by atoms with Gasteiger partial charge in [0.25, 0.3) is 0 Å². The molecule has 0 aliphatic carbocycles. The van der Waals surface area contributed by atoms with Gasteiger partial charge >= 0.3 is 0 Å². The fourth-order valence-corrected chi connectivity index (χ4v) is 1.84. The quantitative estimate of drug-likeness (QED) is 0.858. The van der Waals surface area contributed by atoms with Gasteiger partial charge in [-0.25, -0.2) is 0 Å². The first kappa shape index (κ1) is 16.0. The van der Waals surface area contributed by atoms with Crippen LogP contribution < -0.4 is 4.74 Å². The van der Waals surface area contributed by atoms with Crippen LogP contribution in [-0.2, 0) is 6.54 Å². The van der Waals surface area contributed by atoms with Crippen molar-refractivity contribution in [3.05, 3.63) is 29.3 Å². The molecular formula is C16H27NO2. The SMILES string of the molecule is COc1cc(C(C)C)ccc1CN(C)C(C)(C)CO. The molecule has 0 atom stereocenters. The second-order valence-corrected chi connectivity index (χ2v) is 6.05. The summed E-state index contributed by atoms with van der Waals surface area (Å²) in [5, 5.41) is 9.41. The monoisotopic (exact) mass is 265 g/mol. The van der Waals surface area contributed by atoms with E-state index in [1.807, 2.05) is 20.9 Å². The summed E-state index contributed by atoms with van der Waals surface area (Å²) in [6.07, 6.45) is 0. The molecule has 0 aliphatic heterocycles. The Morgan fingerprint density at radius 1 is 1.32 bits per heavy atom. The summed E-state index contributed by atoms with van der Waals surface area (Å²) >= 11 is 0. The van der Waals surface area contributed by atoms with E-state index in [9.17, 15) is 5.11 Å². The first-order valence-corrected chi connectivity index (χ1v) is 6.80. The Balaban J connectivity index is 2.95. The van der Waals surface area contributed by atoms with Gasteiger partial charge in [-0.05, 0) is 38.4 Å². The first-order chi connectivity index (χ1) is 8.81. The van der Waals surface area contributed by atoms with E-state index in [4.69, 9.17) is 4.74 Å². The van der Waals surface area contributed by atoms with E-state index < -0.39 is 0 Å². The Labute approximate surface area is 117 Å². The third kappa shape index (κ3) is 3.95. The third-order valence-electron chi connectivity index (χ3n) is 3.81.